The third-order valence-electron chi connectivity index (χ3n) is 5.05. The first-order valence-corrected chi connectivity index (χ1v) is 10.5. The van der Waals surface area contributed by atoms with Crippen molar-refractivity contribution in [2.24, 2.45) is 0 Å². The second kappa shape index (κ2) is 9.00. The Labute approximate surface area is 190 Å². The van der Waals surface area contributed by atoms with E-state index in [-0.39, 0.29) is 11.8 Å². The monoisotopic (exact) mass is 454 g/mol. The number of rotatable bonds is 4. The zero-order chi connectivity index (χ0) is 22.0. The summed E-state index contributed by atoms with van der Waals surface area (Å²) in [7, 11) is 0. The highest BCUT2D eigenvalue weighted by Gasteiger charge is 2.28. The zero-order valence-electron chi connectivity index (χ0n) is 16.8. The van der Waals surface area contributed by atoms with Gasteiger partial charge < -0.3 is 15.0 Å². The number of anilines is 1. The predicted molar refractivity (Wildman–Crippen MR) is 122 cm³/mol. The van der Waals surface area contributed by atoms with Gasteiger partial charge in [-0.3, -0.25) is 9.59 Å². The molecule has 0 radical (unpaired) electrons. The Kier molecular flexibility index (Phi) is 6.16. The average Bonchev–Trinajstić information content (AvgIpc) is 2.86. The fourth-order valence-electron chi connectivity index (χ4n) is 3.47. The Hall–Kier alpha value is -3.02. The van der Waals surface area contributed by atoms with Gasteiger partial charge in [-0.1, -0.05) is 47.5 Å². The highest BCUT2D eigenvalue weighted by atomic mass is 35.5. The highest BCUT2D eigenvalue weighted by Crippen LogP contribution is 2.30. The van der Waals surface area contributed by atoms with Crippen molar-refractivity contribution in [3.63, 3.8) is 0 Å². The molecule has 0 saturated heterocycles. The summed E-state index contributed by atoms with van der Waals surface area (Å²) in [4.78, 5) is 27.2. The second-order valence-electron chi connectivity index (χ2n) is 7.34. The number of nitrogens with zero attached hydrogens (tertiary/aromatic N) is 1. The molecule has 1 N–H and O–H groups in total. The van der Waals surface area contributed by atoms with E-state index in [1.165, 1.54) is 0 Å². The van der Waals surface area contributed by atoms with Gasteiger partial charge in [0.15, 0.2) is 6.10 Å². The van der Waals surface area contributed by atoms with Crippen LogP contribution in [0, 0.1) is 0 Å². The van der Waals surface area contributed by atoms with Crippen molar-refractivity contribution in [2.75, 3.05) is 5.32 Å². The Morgan fingerprint density at radius 3 is 2.58 bits per heavy atom. The van der Waals surface area contributed by atoms with E-state index in [1.54, 1.807) is 60.4 Å². The molecule has 7 heteroatoms. The molecule has 3 aromatic carbocycles. The Balaban J connectivity index is 1.57. The van der Waals surface area contributed by atoms with Crippen LogP contribution in [0.5, 0.6) is 5.75 Å². The first kappa shape index (κ1) is 21.2. The largest absolute Gasteiger partial charge is 0.481 e. The number of hydrogen-bond donors (Lipinski definition) is 1. The van der Waals surface area contributed by atoms with Crippen molar-refractivity contribution in [3.8, 4) is 5.75 Å². The van der Waals surface area contributed by atoms with E-state index >= 15 is 0 Å². The first-order valence-electron chi connectivity index (χ1n) is 9.79. The van der Waals surface area contributed by atoms with Gasteiger partial charge in [0, 0.05) is 29.4 Å². The van der Waals surface area contributed by atoms with Crippen LogP contribution in [0.25, 0.3) is 0 Å². The maximum Gasteiger partial charge on any atom is 0.263 e. The fraction of sp³-hybridized carbons (Fsp3) is 0.167. The van der Waals surface area contributed by atoms with Crippen LogP contribution < -0.4 is 10.1 Å². The Morgan fingerprint density at radius 1 is 1.10 bits per heavy atom. The lowest BCUT2D eigenvalue weighted by atomic mass is 10.1. The minimum absolute atomic E-state index is 0.104. The van der Waals surface area contributed by atoms with Crippen LogP contribution in [0.4, 0.5) is 5.69 Å². The quantitative estimate of drug-likeness (QED) is 0.561. The maximum atomic E-state index is 12.9. The van der Waals surface area contributed by atoms with Gasteiger partial charge in [0.25, 0.3) is 11.8 Å². The number of carbonyl (C=O) groups is 2. The number of ether oxygens (including phenoxy) is 1. The van der Waals surface area contributed by atoms with E-state index in [2.05, 4.69) is 5.32 Å². The molecule has 0 fully saturated rings. The molecule has 0 aromatic heterocycles. The van der Waals surface area contributed by atoms with Crippen molar-refractivity contribution in [3.05, 3.63) is 93.5 Å². The molecule has 0 unspecified atom stereocenters. The smallest absolute Gasteiger partial charge is 0.263 e. The normalized spacial score (nSPS) is 15.6. The number of hydrogen-bond acceptors (Lipinski definition) is 3. The number of carbonyl (C=O) groups excluding carboxylic acids is 2. The van der Waals surface area contributed by atoms with Gasteiger partial charge in [0.2, 0.25) is 0 Å². The summed E-state index contributed by atoms with van der Waals surface area (Å²) < 4.78 is 5.87. The SMILES string of the molecule is C[C@@H]1Oc2ccc(NC(=O)c3ccccc3Cl)cc2CN(Cc2ccc(Cl)cc2)C1=O. The third-order valence-corrected chi connectivity index (χ3v) is 5.63. The number of fused-ring (bicyclic) bond motifs is 1. The van der Waals surface area contributed by atoms with Crippen LogP contribution in [0.3, 0.4) is 0 Å². The average molecular weight is 455 g/mol. The molecule has 31 heavy (non-hydrogen) atoms. The fourth-order valence-corrected chi connectivity index (χ4v) is 3.81. The molecule has 158 valence electrons. The van der Waals surface area contributed by atoms with Crippen molar-refractivity contribution in [2.45, 2.75) is 26.1 Å². The topological polar surface area (TPSA) is 58.6 Å². The van der Waals surface area contributed by atoms with Gasteiger partial charge in [0.05, 0.1) is 10.6 Å². The molecule has 3 aromatic rings. The van der Waals surface area contributed by atoms with Gasteiger partial charge in [-0.25, -0.2) is 0 Å². The molecule has 1 aliphatic heterocycles. The van der Waals surface area contributed by atoms with E-state index < -0.39 is 6.10 Å². The summed E-state index contributed by atoms with van der Waals surface area (Å²) in [5.74, 6) is 0.213. The van der Waals surface area contributed by atoms with Gasteiger partial charge >= 0.3 is 0 Å². The number of benzene rings is 3. The molecular formula is C24H20Cl2N2O3. The summed E-state index contributed by atoms with van der Waals surface area (Å²) in [5.41, 5.74) is 2.77. The summed E-state index contributed by atoms with van der Waals surface area (Å²) in [5, 5.41) is 3.89. The molecule has 0 spiro atoms. The number of amides is 2. The molecule has 1 atom stereocenters. The minimum atomic E-state index is -0.614. The standard InChI is InChI=1S/C24H20Cl2N2O3/c1-15-24(30)28(13-16-6-8-18(25)9-7-16)14-17-12-19(10-11-22(17)31-15)27-23(29)20-4-2-3-5-21(20)26/h2-12,15H,13-14H2,1H3,(H,27,29)/t15-/m0/s1. The van der Waals surface area contributed by atoms with Gasteiger partial charge in [-0.15, -0.1) is 0 Å². The third kappa shape index (κ3) is 4.84. The molecule has 0 saturated carbocycles. The molecule has 0 bridgehead atoms. The van der Waals surface area contributed by atoms with Crippen molar-refractivity contribution < 1.29 is 14.3 Å². The number of halogens is 2. The first-order chi connectivity index (χ1) is 14.9. The van der Waals surface area contributed by atoms with E-state index in [0.29, 0.717) is 40.1 Å². The summed E-state index contributed by atoms with van der Waals surface area (Å²) in [6.45, 7) is 2.52. The molecule has 5 nitrogen and oxygen atoms in total. The van der Waals surface area contributed by atoms with E-state index in [9.17, 15) is 9.59 Å². The zero-order valence-corrected chi connectivity index (χ0v) is 18.3. The molecule has 2 amide bonds. The summed E-state index contributed by atoms with van der Waals surface area (Å²) >= 11 is 12.1. The van der Waals surface area contributed by atoms with Crippen molar-refractivity contribution in [1.29, 1.82) is 0 Å². The molecule has 0 aliphatic carbocycles. The predicted octanol–water partition coefficient (Wildman–Crippen LogP) is 5.56. The van der Waals surface area contributed by atoms with E-state index in [1.807, 2.05) is 18.2 Å². The lowest BCUT2D eigenvalue weighted by Gasteiger charge is -2.22. The van der Waals surface area contributed by atoms with E-state index in [4.69, 9.17) is 27.9 Å². The maximum absolute atomic E-state index is 12.9. The van der Waals surface area contributed by atoms with E-state index in [0.717, 1.165) is 11.1 Å². The van der Waals surface area contributed by atoms with Gasteiger partial charge in [-0.2, -0.15) is 0 Å². The van der Waals surface area contributed by atoms with Crippen LogP contribution in [-0.2, 0) is 17.9 Å². The minimum Gasteiger partial charge on any atom is -0.481 e. The lowest BCUT2D eigenvalue weighted by Crippen LogP contribution is -2.37. The van der Waals surface area contributed by atoms with Crippen LogP contribution in [0.1, 0.15) is 28.4 Å². The van der Waals surface area contributed by atoms with Gasteiger partial charge in [-0.05, 0) is 55.0 Å². The highest BCUT2D eigenvalue weighted by molar-refractivity contribution is 6.34. The van der Waals surface area contributed by atoms with Crippen molar-refractivity contribution >= 4 is 40.7 Å². The molecular weight excluding hydrogens is 435 g/mol. The Bertz CT molecular complexity index is 1130. The lowest BCUT2D eigenvalue weighted by molar-refractivity contribution is -0.138. The van der Waals surface area contributed by atoms with Crippen LogP contribution in [0.2, 0.25) is 10.0 Å². The molecule has 4 rings (SSSR count). The number of nitrogens with one attached hydrogen (secondary N) is 1. The van der Waals surface area contributed by atoms with Crippen molar-refractivity contribution in [1.82, 2.24) is 4.90 Å². The van der Waals surface area contributed by atoms with Crippen LogP contribution in [0.15, 0.2) is 66.7 Å². The molecule has 1 aliphatic rings. The summed E-state index contributed by atoms with van der Waals surface area (Å²) in [6, 6.07) is 19.6. The van der Waals surface area contributed by atoms with Crippen LogP contribution in [-0.4, -0.2) is 22.8 Å². The molecule has 1 heterocycles. The van der Waals surface area contributed by atoms with Crippen LogP contribution >= 0.6 is 23.2 Å². The second-order valence-corrected chi connectivity index (χ2v) is 8.18. The summed E-state index contributed by atoms with van der Waals surface area (Å²) in [6.07, 6.45) is -0.614. The Morgan fingerprint density at radius 2 is 1.84 bits per heavy atom. The van der Waals surface area contributed by atoms with Gasteiger partial charge in [0.1, 0.15) is 5.75 Å².